The molecule has 0 aliphatic heterocycles. The Bertz CT molecular complexity index is 956. The van der Waals surface area contributed by atoms with Crippen LogP contribution in [0.1, 0.15) is 21.5 Å². The molecule has 27 heavy (non-hydrogen) atoms. The van der Waals surface area contributed by atoms with Crippen LogP contribution in [0.4, 0.5) is 5.69 Å². The first kappa shape index (κ1) is 18.7. The van der Waals surface area contributed by atoms with Crippen molar-refractivity contribution < 1.29 is 14.5 Å². The van der Waals surface area contributed by atoms with E-state index in [1.165, 1.54) is 23.9 Å². The van der Waals surface area contributed by atoms with Crippen LogP contribution in [0.25, 0.3) is 0 Å². The van der Waals surface area contributed by atoms with E-state index in [-0.39, 0.29) is 12.3 Å². The van der Waals surface area contributed by atoms with Crippen LogP contribution in [0.3, 0.4) is 0 Å². The van der Waals surface area contributed by atoms with E-state index in [0.29, 0.717) is 11.1 Å². The zero-order chi connectivity index (χ0) is 19.2. The topological polar surface area (TPSA) is 69.4 Å². The smallest absolute Gasteiger partial charge is 0.338 e. The number of hydrogen-bond acceptors (Lipinski definition) is 5. The van der Waals surface area contributed by atoms with E-state index in [1.807, 2.05) is 49.4 Å². The number of nitro groups is 1. The van der Waals surface area contributed by atoms with Gasteiger partial charge in [-0.25, -0.2) is 4.79 Å². The van der Waals surface area contributed by atoms with E-state index >= 15 is 0 Å². The predicted octanol–water partition coefficient (Wildman–Crippen LogP) is 5.41. The Morgan fingerprint density at radius 3 is 2.41 bits per heavy atom. The molecule has 0 aliphatic rings. The minimum Gasteiger partial charge on any atom is -0.457 e. The molecule has 0 spiro atoms. The average Bonchev–Trinajstić information content (AvgIpc) is 2.68. The number of ether oxygens (including phenoxy) is 1. The van der Waals surface area contributed by atoms with E-state index in [2.05, 4.69) is 0 Å². The van der Waals surface area contributed by atoms with E-state index in [1.54, 1.807) is 18.2 Å². The molecule has 0 atom stereocenters. The molecule has 3 aromatic carbocycles. The first-order chi connectivity index (χ1) is 13.0. The molecule has 0 radical (unpaired) electrons. The molecule has 3 aromatic rings. The maximum Gasteiger partial charge on any atom is 0.338 e. The molecule has 3 rings (SSSR count). The number of nitrogens with zero attached hydrogens (tertiary/aromatic N) is 1. The monoisotopic (exact) mass is 379 g/mol. The maximum atomic E-state index is 12.3. The number of carbonyl (C=O) groups is 1. The highest BCUT2D eigenvalue weighted by molar-refractivity contribution is 7.99. The molecule has 0 saturated heterocycles. The summed E-state index contributed by atoms with van der Waals surface area (Å²) in [5, 5.41) is 11.1. The largest absolute Gasteiger partial charge is 0.457 e. The molecular weight excluding hydrogens is 362 g/mol. The second-order valence-corrected chi connectivity index (χ2v) is 7.02. The standard InChI is InChI=1S/C21H17NO4S/c1-15-7-9-16(10-8-15)21(23)26-14-17-13-18(22(24)25)11-12-20(17)27-19-5-3-2-4-6-19/h2-13H,14H2,1H3. The van der Waals surface area contributed by atoms with Crippen LogP contribution < -0.4 is 0 Å². The highest BCUT2D eigenvalue weighted by atomic mass is 32.2. The Morgan fingerprint density at radius 2 is 1.74 bits per heavy atom. The highest BCUT2D eigenvalue weighted by Gasteiger charge is 2.14. The Kier molecular flexibility index (Phi) is 5.88. The molecule has 0 fully saturated rings. The van der Waals surface area contributed by atoms with Crippen LogP contribution in [0.5, 0.6) is 0 Å². The highest BCUT2D eigenvalue weighted by Crippen LogP contribution is 2.33. The lowest BCUT2D eigenvalue weighted by atomic mass is 10.1. The molecule has 0 saturated carbocycles. The van der Waals surface area contributed by atoms with Gasteiger partial charge in [0.05, 0.1) is 10.5 Å². The van der Waals surface area contributed by atoms with Crippen LogP contribution in [-0.2, 0) is 11.3 Å². The van der Waals surface area contributed by atoms with Crippen molar-refractivity contribution in [1.82, 2.24) is 0 Å². The van der Waals surface area contributed by atoms with Gasteiger partial charge in [-0.3, -0.25) is 10.1 Å². The molecule has 5 nitrogen and oxygen atoms in total. The molecule has 0 N–H and O–H groups in total. The van der Waals surface area contributed by atoms with Gasteiger partial charge in [0.15, 0.2) is 0 Å². The van der Waals surface area contributed by atoms with Crippen molar-refractivity contribution >= 4 is 23.4 Å². The number of rotatable bonds is 6. The quantitative estimate of drug-likeness (QED) is 0.325. The lowest BCUT2D eigenvalue weighted by Crippen LogP contribution is -2.06. The first-order valence-corrected chi connectivity index (χ1v) is 9.08. The molecule has 0 aliphatic carbocycles. The van der Waals surface area contributed by atoms with Gasteiger partial charge < -0.3 is 4.74 Å². The molecular formula is C21H17NO4S. The Balaban J connectivity index is 1.80. The van der Waals surface area contributed by atoms with Gasteiger partial charge in [0.2, 0.25) is 0 Å². The molecule has 6 heteroatoms. The van der Waals surface area contributed by atoms with Crippen LogP contribution in [0.2, 0.25) is 0 Å². The third kappa shape index (κ3) is 4.95. The van der Waals surface area contributed by atoms with E-state index in [4.69, 9.17) is 4.74 Å². The maximum absolute atomic E-state index is 12.3. The summed E-state index contributed by atoms with van der Waals surface area (Å²) in [6.45, 7) is 1.90. The van der Waals surface area contributed by atoms with E-state index < -0.39 is 10.9 Å². The number of aryl methyl sites for hydroxylation is 1. The molecule has 0 unspecified atom stereocenters. The SMILES string of the molecule is Cc1ccc(C(=O)OCc2cc([N+](=O)[O-])ccc2Sc2ccccc2)cc1. The lowest BCUT2D eigenvalue weighted by Gasteiger charge is -2.10. The molecule has 136 valence electrons. The summed E-state index contributed by atoms with van der Waals surface area (Å²) in [7, 11) is 0. The Morgan fingerprint density at radius 1 is 1.04 bits per heavy atom. The molecule has 0 heterocycles. The van der Waals surface area contributed by atoms with Crippen LogP contribution in [0.15, 0.2) is 82.6 Å². The third-order valence-corrected chi connectivity index (χ3v) is 5.00. The fourth-order valence-corrected chi connectivity index (χ4v) is 3.36. The van der Waals surface area contributed by atoms with Crippen molar-refractivity contribution in [2.45, 2.75) is 23.3 Å². The van der Waals surface area contributed by atoms with Crippen molar-refractivity contribution in [2.75, 3.05) is 0 Å². The summed E-state index contributed by atoms with van der Waals surface area (Å²) < 4.78 is 5.39. The number of benzene rings is 3. The van der Waals surface area contributed by atoms with E-state index in [0.717, 1.165) is 15.4 Å². The van der Waals surface area contributed by atoms with Crippen LogP contribution in [-0.4, -0.2) is 10.9 Å². The number of non-ortho nitro benzene ring substituents is 1. The first-order valence-electron chi connectivity index (χ1n) is 8.27. The molecule has 0 bridgehead atoms. The zero-order valence-electron chi connectivity index (χ0n) is 14.6. The van der Waals surface area contributed by atoms with Gasteiger partial charge in [-0.05, 0) is 37.3 Å². The predicted molar refractivity (Wildman–Crippen MR) is 104 cm³/mol. The Hall–Kier alpha value is -3.12. The normalized spacial score (nSPS) is 10.4. The summed E-state index contributed by atoms with van der Waals surface area (Å²) in [5.41, 5.74) is 2.06. The second kappa shape index (κ2) is 8.51. The van der Waals surface area contributed by atoms with Gasteiger partial charge in [-0.1, -0.05) is 47.7 Å². The van der Waals surface area contributed by atoms with Gasteiger partial charge >= 0.3 is 5.97 Å². The fourth-order valence-electron chi connectivity index (χ4n) is 2.42. The van der Waals surface area contributed by atoms with Crippen LogP contribution in [0, 0.1) is 17.0 Å². The van der Waals surface area contributed by atoms with Gasteiger partial charge in [0, 0.05) is 27.5 Å². The summed E-state index contributed by atoms with van der Waals surface area (Å²) in [6, 6.07) is 21.3. The van der Waals surface area contributed by atoms with Crippen LogP contribution >= 0.6 is 11.8 Å². The van der Waals surface area contributed by atoms with Crippen molar-refractivity contribution in [1.29, 1.82) is 0 Å². The summed E-state index contributed by atoms with van der Waals surface area (Å²) in [5.74, 6) is -0.461. The van der Waals surface area contributed by atoms with Crippen molar-refractivity contribution in [3.05, 3.63) is 99.6 Å². The lowest BCUT2D eigenvalue weighted by molar-refractivity contribution is -0.385. The molecule has 0 aromatic heterocycles. The summed E-state index contributed by atoms with van der Waals surface area (Å²) in [4.78, 5) is 24.7. The number of carbonyl (C=O) groups excluding carboxylic acids is 1. The van der Waals surface area contributed by atoms with E-state index in [9.17, 15) is 14.9 Å². The fraction of sp³-hybridized carbons (Fsp3) is 0.0952. The Labute approximate surface area is 161 Å². The van der Waals surface area contributed by atoms with Gasteiger partial charge in [-0.2, -0.15) is 0 Å². The number of hydrogen-bond donors (Lipinski definition) is 0. The van der Waals surface area contributed by atoms with Crippen molar-refractivity contribution in [2.24, 2.45) is 0 Å². The average molecular weight is 379 g/mol. The van der Waals surface area contributed by atoms with Crippen molar-refractivity contribution in [3.8, 4) is 0 Å². The third-order valence-electron chi connectivity index (χ3n) is 3.87. The minimum atomic E-state index is -0.461. The van der Waals surface area contributed by atoms with Crippen molar-refractivity contribution in [3.63, 3.8) is 0 Å². The summed E-state index contributed by atoms with van der Waals surface area (Å²) in [6.07, 6.45) is 0. The number of nitro benzene ring substituents is 1. The number of esters is 1. The van der Waals surface area contributed by atoms with Gasteiger partial charge in [0.1, 0.15) is 6.61 Å². The van der Waals surface area contributed by atoms with Gasteiger partial charge in [-0.15, -0.1) is 0 Å². The molecule has 0 amide bonds. The van der Waals surface area contributed by atoms with Gasteiger partial charge in [0.25, 0.3) is 5.69 Å². The minimum absolute atomic E-state index is 0.0335. The zero-order valence-corrected chi connectivity index (χ0v) is 15.4. The second-order valence-electron chi connectivity index (χ2n) is 5.91. The summed E-state index contributed by atoms with van der Waals surface area (Å²) >= 11 is 1.47.